The maximum atomic E-state index is 12.2. The third-order valence-electron chi connectivity index (χ3n) is 2.00. The first-order chi connectivity index (χ1) is 7.00. The van der Waals surface area contributed by atoms with Crippen LogP contribution in [0.3, 0.4) is 0 Å². The van der Waals surface area contributed by atoms with Crippen molar-refractivity contribution in [1.82, 2.24) is 0 Å². The van der Waals surface area contributed by atoms with Crippen LogP contribution in [0.1, 0.15) is 17.6 Å². The molecule has 0 saturated heterocycles. The number of hydrogen-bond donors (Lipinski definition) is 2. The van der Waals surface area contributed by atoms with Crippen molar-refractivity contribution in [2.75, 3.05) is 0 Å². The Balaban J connectivity index is 0.00000225. The van der Waals surface area contributed by atoms with E-state index in [4.69, 9.17) is 10.8 Å². The Morgan fingerprint density at radius 3 is 2.19 bits per heavy atom. The van der Waals surface area contributed by atoms with Crippen LogP contribution in [0.2, 0.25) is 0 Å². The number of carboxylic acid groups (broad SMARTS) is 1. The van der Waals surface area contributed by atoms with Crippen LogP contribution in [-0.2, 0) is 11.2 Å². The number of halogens is 3. The molecule has 3 N–H and O–H groups in total. The minimum absolute atomic E-state index is 0. The average Bonchev–Trinajstić information content (AvgIpc) is 2.18. The summed E-state index contributed by atoms with van der Waals surface area (Å²) < 4.78 is 24.3. The van der Waals surface area contributed by atoms with Gasteiger partial charge in [0.2, 0.25) is 0 Å². The van der Waals surface area contributed by atoms with Gasteiger partial charge in [-0.3, -0.25) is 4.79 Å². The molecule has 1 aromatic rings. The number of benzene rings is 1. The van der Waals surface area contributed by atoms with E-state index in [2.05, 4.69) is 0 Å². The molecule has 1 rings (SSSR count). The lowest BCUT2D eigenvalue weighted by atomic mass is 10.1. The van der Waals surface area contributed by atoms with Gasteiger partial charge in [0.1, 0.15) is 6.04 Å². The van der Waals surface area contributed by atoms with Gasteiger partial charge in [-0.15, -0.1) is 12.4 Å². The van der Waals surface area contributed by atoms with E-state index in [-0.39, 0.29) is 24.4 Å². The van der Waals surface area contributed by atoms with Crippen molar-refractivity contribution in [2.45, 2.75) is 18.9 Å². The second kappa shape index (κ2) is 6.40. The molecule has 0 heterocycles. The zero-order valence-corrected chi connectivity index (χ0v) is 9.08. The largest absolute Gasteiger partial charge is 0.480 e. The molecule has 0 aliphatic heterocycles. The monoisotopic (exact) mass is 251 g/mol. The lowest BCUT2D eigenvalue weighted by Crippen LogP contribution is -2.32. The molecule has 0 bridgehead atoms. The SMILES string of the molecule is Cl.N[C@H](Cc1ccc(C(F)F)cc1)C(=O)O. The van der Waals surface area contributed by atoms with Crippen LogP contribution in [0.15, 0.2) is 24.3 Å². The van der Waals surface area contributed by atoms with Gasteiger partial charge in [0.25, 0.3) is 6.43 Å². The second-order valence-corrected chi connectivity index (χ2v) is 3.19. The average molecular weight is 252 g/mol. The van der Waals surface area contributed by atoms with E-state index < -0.39 is 18.4 Å². The lowest BCUT2D eigenvalue weighted by Gasteiger charge is -2.07. The molecule has 0 spiro atoms. The minimum Gasteiger partial charge on any atom is -0.480 e. The van der Waals surface area contributed by atoms with Crippen LogP contribution in [0.4, 0.5) is 8.78 Å². The Labute approximate surface area is 97.7 Å². The van der Waals surface area contributed by atoms with Crippen molar-refractivity contribution in [1.29, 1.82) is 0 Å². The van der Waals surface area contributed by atoms with Crippen LogP contribution in [0.25, 0.3) is 0 Å². The first-order valence-corrected chi connectivity index (χ1v) is 4.36. The van der Waals surface area contributed by atoms with E-state index in [1.54, 1.807) is 0 Å². The number of nitrogens with two attached hydrogens (primary N) is 1. The molecule has 0 aliphatic rings. The Kier molecular flexibility index (Phi) is 5.92. The highest BCUT2D eigenvalue weighted by Gasteiger charge is 2.12. The van der Waals surface area contributed by atoms with E-state index in [1.165, 1.54) is 24.3 Å². The topological polar surface area (TPSA) is 63.3 Å². The molecule has 0 unspecified atom stereocenters. The quantitative estimate of drug-likeness (QED) is 0.860. The highest BCUT2D eigenvalue weighted by molar-refractivity contribution is 5.85. The molecule has 1 aromatic carbocycles. The maximum absolute atomic E-state index is 12.2. The molecule has 3 nitrogen and oxygen atoms in total. The van der Waals surface area contributed by atoms with Crippen molar-refractivity contribution in [3.8, 4) is 0 Å². The molecule has 0 fully saturated rings. The third-order valence-corrected chi connectivity index (χ3v) is 2.00. The van der Waals surface area contributed by atoms with Crippen LogP contribution in [-0.4, -0.2) is 17.1 Å². The van der Waals surface area contributed by atoms with Gasteiger partial charge in [0.05, 0.1) is 0 Å². The van der Waals surface area contributed by atoms with E-state index in [9.17, 15) is 13.6 Å². The van der Waals surface area contributed by atoms with E-state index >= 15 is 0 Å². The molecule has 1 atom stereocenters. The van der Waals surface area contributed by atoms with Gasteiger partial charge in [-0.1, -0.05) is 24.3 Å². The first kappa shape index (κ1) is 14.8. The molecule has 16 heavy (non-hydrogen) atoms. The highest BCUT2D eigenvalue weighted by atomic mass is 35.5. The van der Waals surface area contributed by atoms with Crippen molar-refractivity contribution in [3.63, 3.8) is 0 Å². The summed E-state index contributed by atoms with van der Waals surface area (Å²) in [6, 6.07) is 4.47. The number of aliphatic carboxylic acids is 1. The standard InChI is InChI=1S/C10H11F2NO2.ClH/c11-9(12)7-3-1-6(2-4-7)5-8(13)10(14)15;/h1-4,8-9H,5,13H2,(H,14,15);1H/t8-;/m1./s1. The van der Waals surface area contributed by atoms with Gasteiger partial charge < -0.3 is 10.8 Å². The van der Waals surface area contributed by atoms with Gasteiger partial charge in [-0.05, 0) is 12.0 Å². The van der Waals surface area contributed by atoms with Crippen LogP contribution in [0, 0.1) is 0 Å². The summed E-state index contributed by atoms with van der Waals surface area (Å²) in [5, 5.41) is 8.54. The van der Waals surface area contributed by atoms with Gasteiger partial charge in [0.15, 0.2) is 0 Å². The van der Waals surface area contributed by atoms with Gasteiger partial charge in [-0.25, -0.2) is 8.78 Å². The third kappa shape index (κ3) is 4.12. The Hall–Kier alpha value is -1.20. The predicted molar refractivity (Wildman–Crippen MR) is 58.0 cm³/mol. The van der Waals surface area contributed by atoms with Crippen molar-refractivity contribution >= 4 is 18.4 Å². The fraction of sp³-hybridized carbons (Fsp3) is 0.300. The summed E-state index contributed by atoms with van der Waals surface area (Å²) >= 11 is 0. The van der Waals surface area contributed by atoms with Crippen LogP contribution in [0.5, 0.6) is 0 Å². The Bertz CT molecular complexity index is 343. The van der Waals surface area contributed by atoms with Crippen molar-refractivity contribution in [2.24, 2.45) is 5.73 Å². The fourth-order valence-electron chi connectivity index (χ4n) is 1.14. The summed E-state index contributed by atoms with van der Waals surface area (Å²) in [5.74, 6) is -1.10. The van der Waals surface area contributed by atoms with E-state index in [0.29, 0.717) is 5.56 Å². The minimum atomic E-state index is -2.51. The molecule has 0 aliphatic carbocycles. The molecule has 6 heteroatoms. The van der Waals surface area contributed by atoms with Gasteiger partial charge >= 0.3 is 5.97 Å². The van der Waals surface area contributed by atoms with E-state index in [1.807, 2.05) is 0 Å². The molecular weight excluding hydrogens is 240 g/mol. The smallest absolute Gasteiger partial charge is 0.320 e. The van der Waals surface area contributed by atoms with Crippen LogP contribution >= 0.6 is 12.4 Å². The summed E-state index contributed by atoms with van der Waals surface area (Å²) in [5.41, 5.74) is 5.85. The lowest BCUT2D eigenvalue weighted by molar-refractivity contribution is -0.138. The fourth-order valence-corrected chi connectivity index (χ4v) is 1.14. The summed E-state index contributed by atoms with van der Waals surface area (Å²) in [6.07, 6.45) is -2.37. The number of carboxylic acids is 1. The van der Waals surface area contributed by atoms with Gasteiger partial charge in [0, 0.05) is 5.56 Å². The molecule has 0 radical (unpaired) electrons. The normalized spacial score (nSPS) is 12.0. The number of carbonyl (C=O) groups is 1. The Morgan fingerprint density at radius 2 is 1.81 bits per heavy atom. The zero-order valence-electron chi connectivity index (χ0n) is 8.27. The summed E-state index contributed by atoms with van der Waals surface area (Å²) in [6.45, 7) is 0. The number of alkyl halides is 2. The maximum Gasteiger partial charge on any atom is 0.320 e. The van der Waals surface area contributed by atoms with Crippen molar-refractivity contribution < 1.29 is 18.7 Å². The molecule has 0 amide bonds. The first-order valence-electron chi connectivity index (χ1n) is 4.36. The number of hydrogen-bond acceptors (Lipinski definition) is 2. The highest BCUT2D eigenvalue weighted by Crippen LogP contribution is 2.18. The summed E-state index contributed by atoms with van der Waals surface area (Å²) in [4.78, 5) is 10.4. The number of rotatable bonds is 4. The molecule has 0 aromatic heterocycles. The Morgan fingerprint density at radius 1 is 1.31 bits per heavy atom. The van der Waals surface area contributed by atoms with Gasteiger partial charge in [-0.2, -0.15) is 0 Å². The molecule has 0 saturated carbocycles. The molecular formula is C10H12ClF2NO2. The second-order valence-electron chi connectivity index (χ2n) is 3.19. The van der Waals surface area contributed by atoms with Crippen LogP contribution < -0.4 is 5.73 Å². The molecule has 90 valence electrons. The summed E-state index contributed by atoms with van der Waals surface area (Å²) in [7, 11) is 0. The zero-order chi connectivity index (χ0) is 11.4. The van der Waals surface area contributed by atoms with Crippen molar-refractivity contribution in [3.05, 3.63) is 35.4 Å². The predicted octanol–water partition coefficient (Wildman–Crippen LogP) is 2.00. The van der Waals surface area contributed by atoms with E-state index in [0.717, 1.165) is 0 Å².